The summed E-state index contributed by atoms with van der Waals surface area (Å²) < 4.78 is 106. The number of aryl methyl sites for hydroxylation is 1. The molecule has 5 atom stereocenters. The van der Waals surface area contributed by atoms with E-state index in [0.29, 0.717) is 31.4 Å². The van der Waals surface area contributed by atoms with Gasteiger partial charge in [-0.2, -0.15) is 31.9 Å². The summed E-state index contributed by atoms with van der Waals surface area (Å²) in [5, 5.41) is -0.344. The Morgan fingerprint density at radius 3 is 2.54 bits per heavy atom. The van der Waals surface area contributed by atoms with Gasteiger partial charge in [-0.1, -0.05) is 32.0 Å². The van der Waals surface area contributed by atoms with E-state index < -0.39 is 93.4 Å². The monoisotopic (exact) mass is 849 g/mol. The number of esters is 1. The standard InChI is InChI=1S/C40H42ClF6N7O5/c1-17(2)36(55)58-20(5)59-38(56)54-22-7-8-23(54)24-11-18(3)26-27-33(31(42)28(30(26)41)32-29(40(45,46)47)19(4)12-25(48)49-32)50-37(51-35(27)53(24)15-22)57-16-39-9-6-10-52(39)14-21(13-39)34(43)44/h12,17,20,22-24H,3,6-11,13-16H2,1-2,4-5H3,(H2,48,49)/t20?,22-,23?,24-,39+/m1/s1. The number of alkyl halides is 3. The van der Waals surface area contributed by atoms with Crippen molar-refractivity contribution in [3.8, 4) is 17.3 Å². The van der Waals surface area contributed by atoms with Gasteiger partial charge in [0.1, 0.15) is 23.8 Å². The van der Waals surface area contributed by atoms with Gasteiger partial charge in [0.15, 0.2) is 5.82 Å². The Hall–Kier alpha value is -4.84. The van der Waals surface area contributed by atoms with Gasteiger partial charge in [0.25, 0.3) is 6.08 Å². The Morgan fingerprint density at radius 2 is 1.85 bits per heavy atom. The maximum absolute atomic E-state index is 17.4. The van der Waals surface area contributed by atoms with Crippen LogP contribution in [0, 0.1) is 18.7 Å². The Labute approximate surface area is 340 Å². The normalized spacial score (nSPS) is 24.4. The number of hydrogen-bond acceptors (Lipinski definition) is 11. The van der Waals surface area contributed by atoms with Crippen LogP contribution >= 0.6 is 11.6 Å². The number of nitrogens with two attached hydrogens (primary N) is 1. The van der Waals surface area contributed by atoms with E-state index in [1.54, 1.807) is 18.7 Å². The van der Waals surface area contributed by atoms with Gasteiger partial charge in [0.2, 0.25) is 6.29 Å². The molecule has 59 heavy (non-hydrogen) atoms. The van der Waals surface area contributed by atoms with Crippen LogP contribution in [-0.4, -0.2) is 93.0 Å². The van der Waals surface area contributed by atoms with Gasteiger partial charge in [0, 0.05) is 31.1 Å². The maximum Gasteiger partial charge on any atom is 0.418 e. The molecule has 19 heteroatoms. The van der Waals surface area contributed by atoms with Gasteiger partial charge in [-0.25, -0.2) is 14.2 Å². The number of amides is 1. The highest BCUT2D eigenvalue weighted by atomic mass is 35.5. The van der Waals surface area contributed by atoms with Crippen LogP contribution in [0.15, 0.2) is 24.3 Å². The molecule has 3 aromatic rings. The highest BCUT2D eigenvalue weighted by Gasteiger charge is 2.52. The van der Waals surface area contributed by atoms with E-state index in [-0.39, 0.29) is 72.3 Å². The fourth-order valence-electron chi connectivity index (χ4n) is 9.68. The minimum Gasteiger partial charge on any atom is -0.461 e. The van der Waals surface area contributed by atoms with Crippen LogP contribution in [0.2, 0.25) is 5.02 Å². The highest BCUT2D eigenvalue weighted by molar-refractivity contribution is 6.37. The predicted octanol–water partition coefficient (Wildman–Crippen LogP) is 8.28. The van der Waals surface area contributed by atoms with E-state index >= 15 is 4.39 Å². The smallest absolute Gasteiger partial charge is 0.418 e. The lowest BCUT2D eigenvalue weighted by molar-refractivity contribution is -0.170. The van der Waals surface area contributed by atoms with Crippen molar-refractivity contribution >= 4 is 51.8 Å². The Bertz CT molecular complexity index is 2320. The summed E-state index contributed by atoms with van der Waals surface area (Å²) in [4.78, 5) is 44.6. The van der Waals surface area contributed by atoms with Crippen LogP contribution < -0.4 is 15.4 Å². The molecule has 2 unspecified atom stereocenters. The molecule has 5 aliphatic rings. The molecule has 4 saturated heterocycles. The molecule has 2 bridgehead atoms. The van der Waals surface area contributed by atoms with Crippen LogP contribution in [0.4, 0.5) is 42.8 Å². The second-order valence-corrected chi connectivity index (χ2v) is 16.7. The van der Waals surface area contributed by atoms with Crippen molar-refractivity contribution in [1.29, 1.82) is 0 Å². The molecule has 7 heterocycles. The number of fused-ring (bicyclic) bond motifs is 6. The molecule has 0 radical (unpaired) electrons. The predicted molar refractivity (Wildman–Crippen MR) is 205 cm³/mol. The molecular weight excluding hydrogens is 808 g/mol. The van der Waals surface area contributed by atoms with Crippen molar-refractivity contribution < 1.29 is 50.1 Å². The van der Waals surface area contributed by atoms with Crippen molar-refractivity contribution in [2.45, 2.75) is 102 Å². The van der Waals surface area contributed by atoms with Gasteiger partial charge < -0.3 is 24.8 Å². The SMILES string of the molecule is C=C1C[C@@H]2C3CC[C@H](CN2c2nc(OC[C@@]45CCCN4CC(=C(F)F)C5)nc4c(F)c(-c5nc(N)cc(C)c5C(F)(F)F)c(Cl)c1c24)N3C(=O)OC(C)OC(=O)C(C)C. The number of anilines is 2. The largest absolute Gasteiger partial charge is 0.461 e. The average molecular weight is 850 g/mol. The van der Waals surface area contributed by atoms with E-state index in [1.807, 2.05) is 9.80 Å². The van der Waals surface area contributed by atoms with Gasteiger partial charge in [-0.3, -0.25) is 14.6 Å². The number of carbonyl (C=O) groups excluding carboxylic acids is 2. The number of carbonyl (C=O) groups is 2. The molecule has 4 fully saturated rings. The summed E-state index contributed by atoms with van der Waals surface area (Å²) in [6.45, 7) is 10.9. The van der Waals surface area contributed by atoms with Crippen LogP contribution in [0.3, 0.4) is 0 Å². The van der Waals surface area contributed by atoms with E-state index in [0.717, 1.165) is 12.5 Å². The first-order valence-electron chi connectivity index (χ1n) is 19.4. The first-order valence-corrected chi connectivity index (χ1v) is 19.8. The highest BCUT2D eigenvalue weighted by Crippen LogP contribution is 2.52. The zero-order chi connectivity index (χ0) is 42.5. The summed E-state index contributed by atoms with van der Waals surface area (Å²) in [5.41, 5.74) is 2.04. The number of halogens is 7. The third-order valence-corrected chi connectivity index (χ3v) is 12.6. The maximum atomic E-state index is 17.4. The van der Waals surface area contributed by atoms with Crippen LogP contribution in [-0.2, 0) is 20.4 Å². The lowest BCUT2D eigenvalue weighted by Crippen LogP contribution is -2.61. The number of pyridine rings is 1. The van der Waals surface area contributed by atoms with Crippen molar-refractivity contribution in [3.05, 3.63) is 51.8 Å². The second-order valence-electron chi connectivity index (χ2n) is 16.4. The lowest BCUT2D eigenvalue weighted by atomic mass is 9.91. The van der Waals surface area contributed by atoms with Gasteiger partial charge in [-0.05, 0) is 69.2 Å². The van der Waals surface area contributed by atoms with Crippen LogP contribution in [0.5, 0.6) is 6.01 Å². The molecule has 0 spiro atoms. The minimum absolute atomic E-state index is 0.000353. The summed E-state index contributed by atoms with van der Waals surface area (Å²) in [6, 6.07) is -0.861. The molecule has 8 rings (SSSR count). The van der Waals surface area contributed by atoms with Crippen LogP contribution in [0.1, 0.15) is 76.0 Å². The topological polar surface area (TPSA) is 136 Å². The Morgan fingerprint density at radius 1 is 1.10 bits per heavy atom. The molecule has 5 aliphatic heterocycles. The summed E-state index contributed by atoms with van der Waals surface area (Å²) in [6.07, 6.45) is -6.15. The number of hydrogen-bond donors (Lipinski definition) is 1. The number of rotatable bonds is 7. The van der Waals surface area contributed by atoms with Gasteiger partial charge in [0.05, 0.1) is 56.8 Å². The molecule has 12 nitrogen and oxygen atoms in total. The molecule has 0 saturated carbocycles. The number of nitrogens with zero attached hydrogens (tertiary/aromatic N) is 6. The second kappa shape index (κ2) is 14.7. The number of piperazine rings is 1. The third kappa shape index (κ3) is 6.88. The quantitative estimate of drug-likeness (QED) is 0.140. The molecule has 2 aromatic heterocycles. The van der Waals surface area contributed by atoms with E-state index in [1.165, 1.54) is 13.8 Å². The van der Waals surface area contributed by atoms with E-state index in [2.05, 4.69) is 16.5 Å². The van der Waals surface area contributed by atoms with Gasteiger partial charge in [-0.15, -0.1) is 0 Å². The number of nitrogen functional groups attached to an aromatic ring is 1. The molecule has 1 aromatic carbocycles. The Balaban J connectivity index is 1.26. The van der Waals surface area contributed by atoms with E-state index in [4.69, 9.17) is 36.5 Å². The first kappa shape index (κ1) is 40.9. The molecule has 0 aliphatic carbocycles. The van der Waals surface area contributed by atoms with Crippen molar-refractivity contribution in [2.24, 2.45) is 5.92 Å². The third-order valence-electron chi connectivity index (χ3n) is 12.3. The molecule has 316 valence electrons. The van der Waals surface area contributed by atoms with Crippen molar-refractivity contribution in [1.82, 2.24) is 24.8 Å². The molecule has 2 N–H and O–H groups in total. The number of ether oxygens (including phenoxy) is 3. The molecule has 1 amide bonds. The summed E-state index contributed by atoms with van der Waals surface area (Å²) in [7, 11) is 0. The van der Waals surface area contributed by atoms with Crippen LogP contribution in [0.25, 0.3) is 27.7 Å². The summed E-state index contributed by atoms with van der Waals surface area (Å²) >= 11 is 7.04. The average Bonchev–Trinajstić information content (AvgIpc) is 3.78. The summed E-state index contributed by atoms with van der Waals surface area (Å²) in [5.74, 6) is -2.39. The van der Waals surface area contributed by atoms with E-state index in [9.17, 15) is 31.5 Å². The van der Waals surface area contributed by atoms with Gasteiger partial charge >= 0.3 is 24.2 Å². The first-order chi connectivity index (χ1) is 27.8. The zero-order valence-corrected chi connectivity index (χ0v) is 33.4. The number of aromatic nitrogens is 3. The minimum atomic E-state index is -5.00. The van der Waals surface area contributed by atoms with Crippen molar-refractivity contribution in [2.75, 3.05) is 36.9 Å². The molecular formula is C40H42ClF6N7O5. The Kier molecular flexibility index (Phi) is 10.2. The number of benzene rings is 1. The lowest BCUT2D eigenvalue weighted by Gasteiger charge is -2.46. The fourth-order valence-corrected chi connectivity index (χ4v) is 10.1. The fraction of sp³-hybridized carbons (Fsp3) is 0.525. The zero-order valence-electron chi connectivity index (χ0n) is 32.7. The van der Waals surface area contributed by atoms with Crippen molar-refractivity contribution in [3.63, 3.8) is 0 Å².